The Morgan fingerprint density at radius 3 is 2.94 bits per heavy atom. The van der Waals surface area contributed by atoms with Gasteiger partial charge < -0.3 is 9.88 Å². The summed E-state index contributed by atoms with van der Waals surface area (Å²) in [6.07, 6.45) is 5.00. The van der Waals surface area contributed by atoms with E-state index in [-0.39, 0.29) is 0 Å². The number of aromatic nitrogens is 2. The van der Waals surface area contributed by atoms with E-state index in [0.29, 0.717) is 6.04 Å². The number of nitrogens with one attached hydrogen (secondary N) is 1. The molecule has 0 aromatic carbocycles. The number of hydrogen-bond donors (Lipinski definition) is 1. The Balaban J connectivity index is 2.07. The van der Waals surface area contributed by atoms with Gasteiger partial charge in [0.25, 0.3) is 0 Å². The van der Waals surface area contributed by atoms with Gasteiger partial charge in [0, 0.05) is 28.7 Å². The van der Waals surface area contributed by atoms with Crippen LogP contribution in [0.15, 0.2) is 24.5 Å². The number of hydrogen-bond acceptors (Lipinski definition) is 3. The lowest BCUT2D eigenvalue weighted by atomic mass is 10.3. The Hall–Kier alpha value is -1.29. The maximum atomic E-state index is 4.36. The number of aryl methyl sites for hydroxylation is 2. The van der Waals surface area contributed by atoms with Gasteiger partial charge in [-0.15, -0.1) is 11.3 Å². The zero-order valence-corrected chi connectivity index (χ0v) is 11.4. The van der Waals surface area contributed by atoms with E-state index in [1.807, 2.05) is 23.7 Å². The summed E-state index contributed by atoms with van der Waals surface area (Å²) in [7, 11) is 0. The van der Waals surface area contributed by atoms with Crippen LogP contribution in [0.2, 0.25) is 0 Å². The largest absolute Gasteiger partial charge is 0.348 e. The Morgan fingerprint density at radius 2 is 2.29 bits per heavy atom. The highest BCUT2D eigenvalue weighted by Crippen LogP contribution is 2.25. The smallest absolute Gasteiger partial charge is 0.203 e. The van der Waals surface area contributed by atoms with Gasteiger partial charge in [0.05, 0.1) is 6.04 Å². The van der Waals surface area contributed by atoms with Crippen LogP contribution in [0.25, 0.3) is 0 Å². The second-order valence-electron chi connectivity index (χ2n) is 4.26. The van der Waals surface area contributed by atoms with Gasteiger partial charge in [-0.25, -0.2) is 4.98 Å². The van der Waals surface area contributed by atoms with E-state index >= 15 is 0 Å². The summed E-state index contributed by atoms with van der Waals surface area (Å²) < 4.78 is 2.16. The third-order valence-electron chi connectivity index (χ3n) is 2.71. The first kappa shape index (κ1) is 12.2. The first-order valence-electron chi connectivity index (χ1n) is 6.04. The molecular formula is C13H19N3S. The van der Waals surface area contributed by atoms with Crippen LogP contribution in [0.4, 0.5) is 5.95 Å². The molecule has 1 unspecified atom stereocenters. The molecule has 0 aliphatic heterocycles. The molecule has 92 valence electrons. The van der Waals surface area contributed by atoms with Crippen LogP contribution in [0.3, 0.4) is 0 Å². The van der Waals surface area contributed by atoms with E-state index in [0.717, 1.165) is 18.9 Å². The van der Waals surface area contributed by atoms with E-state index in [4.69, 9.17) is 0 Å². The summed E-state index contributed by atoms with van der Waals surface area (Å²) in [6.45, 7) is 7.50. The first-order chi connectivity index (χ1) is 8.20. The number of anilines is 1. The fourth-order valence-electron chi connectivity index (χ4n) is 1.82. The lowest BCUT2D eigenvalue weighted by molar-refractivity contribution is 0.675. The van der Waals surface area contributed by atoms with Crippen LogP contribution in [-0.2, 0) is 6.54 Å². The average molecular weight is 249 g/mol. The predicted octanol–water partition coefficient (Wildman–Crippen LogP) is 3.84. The van der Waals surface area contributed by atoms with Gasteiger partial charge in [0.15, 0.2) is 0 Å². The zero-order valence-electron chi connectivity index (χ0n) is 10.6. The number of rotatable bonds is 5. The van der Waals surface area contributed by atoms with Gasteiger partial charge >= 0.3 is 0 Å². The standard InChI is InChI=1S/C13H19N3S/c1-4-8-16-9-7-14-13(16)15-11(3)12-6-5-10(2)17-12/h5-7,9,11H,4,8H2,1-3H3,(H,14,15). The minimum atomic E-state index is 0.312. The fraction of sp³-hybridized carbons (Fsp3) is 0.462. The Labute approximate surface area is 107 Å². The number of nitrogens with zero attached hydrogens (tertiary/aromatic N) is 2. The number of imidazole rings is 1. The molecule has 2 heterocycles. The van der Waals surface area contributed by atoms with Gasteiger partial charge in [0.2, 0.25) is 5.95 Å². The third-order valence-corrected chi connectivity index (χ3v) is 3.90. The maximum absolute atomic E-state index is 4.36. The molecule has 3 nitrogen and oxygen atoms in total. The van der Waals surface area contributed by atoms with Crippen molar-refractivity contribution < 1.29 is 0 Å². The molecule has 0 aliphatic rings. The lowest BCUT2D eigenvalue weighted by Crippen LogP contribution is -2.10. The molecule has 2 aromatic rings. The average Bonchev–Trinajstić information content (AvgIpc) is 2.89. The quantitative estimate of drug-likeness (QED) is 0.872. The van der Waals surface area contributed by atoms with Crippen LogP contribution in [0.5, 0.6) is 0 Å². The minimum Gasteiger partial charge on any atom is -0.348 e. The molecule has 0 spiro atoms. The molecule has 0 aliphatic carbocycles. The molecule has 0 radical (unpaired) electrons. The molecule has 0 saturated heterocycles. The van der Waals surface area contributed by atoms with Crippen molar-refractivity contribution in [2.24, 2.45) is 0 Å². The van der Waals surface area contributed by atoms with Crippen LogP contribution in [0, 0.1) is 6.92 Å². The highest BCUT2D eigenvalue weighted by Gasteiger charge is 2.10. The minimum absolute atomic E-state index is 0.312. The van der Waals surface area contributed by atoms with Crippen molar-refractivity contribution in [2.45, 2.75) is 39.8 Å². The van der Waals surface area contributed by atoms with Crippen LogP contribution < -0.4 is 5.32 Å². The van der Waals surface area contributed by atoms with Crippen LogP contribution >= 0.6 is 11.3 Å². The molecule has 1 N–H and O–H groups in total. The summed E-state index contributed by atoms with van der Waals surface area (Å²) in [5.41, 5.74) is 0. The van der Waals surface area contributed by atoms with E-state index in [1.54, 1.807) is 0 Å². The molecule has 2 aromatic heterocycles. The molecule has 0 saturated carbocycles. The molecule has 4 heteroatoms. The van der Waals surface area contributed by atoms with Gasteiger partial charge in [-0.1, -0.05) is 6.92 Å². The normalized spacial score (nSPS) is 12.6. The highest BCUT2D eigenvalue weighted by atomic mass is 32.1. The Bertz CT molecular complexity index is 472. The fourth-order valence-corrected chi connectivity index (χ4v) is 2.70. The Morgan fingerprint density at radius 1 is 1.47 bits per heavy atom. The topological polar surface area (TPSA) is 29.9 Å². The summed E-state index contributed by atoms with van der Waals surface area (Å²) in [6, 6.07) is 4.66. The van der Waals surface area contributed by atoms with Crippen molar-refractivity contribution in [2.75, 3.05) is 5.32 Å². The summed E-state index contributed by atoms with van der Waals surface area (Å²) in [5.74, 6) is 0.963. The van der Waals surface area contributed by atoms with Crippen molar-refractivity contribution >= 4 is 17.3 Å². The van der Waals surface area contributed by atoms with Crippen LogP contribution in [0.1, 0.15) is 36.1 Å². The second kappa shape index (κ2) is 5.36. The molecule has 0 bridgehead atoms. The summed E-state index contributed by atoms with van der Waals surface area (Å²) in [4.78, 5) is 7.07. The molecule has 0 amide bonds. The zero-order chi connectivity index (χ0) is 12.3. The van der Waals surface area contributed by atoms with Crippen molar-refractivity contribution in [1.82, 2.24) is 9.55 Å². The monoisotopic (exact) mass is 249 g/mol. The lowest BCUT2D eigenvalue weighted by Gasteiger charge is -2.14. The second-order valence-corrected chi connectivity index (χ2v) is 5.58. The first-order valence-corrected chi connectivity index (χ1v) is 6.86. The third kappa shape index (κ3) is 2.88. The molecular weight excluding hydrogens is 230 g/mol. The van der Waals surface area contributed by atoms with Gasteiger partial charge in [0.1, 0.15) is 0 Å². The summed E-state index contributed by atoms with van der Waals surface area (Å²) in [5, 5.41) is 3.47. The highest BCUT2D eigenvalue weighted by molar-refractivity contribution is 7.12. The van der Waals surface area contributed by atoms with Gasteiger partial charge in [-0.2, -0.15) is 0 Å². The van der Waals surface area contributed by atoms with Crippen molar-refractivity contribution in [1.29, 1.82) is 0 Å². The van der Waals surface area contributed by atoms with E-state index < -0.39 is 0 Å². The SMILES string of the molecule is CCCn1ccnc1NC(C)c1ccc(C)s1. The molecule has 1 atom stereocenters. The maximum Gasteiger partial charge on any atom is 0.203 e. The van der Waals surface area contributed by atoms with Crippen LogP contribution in [-0.4, -0.2) is 9.55 Å². The molecule has 0 fully saturated rings. The van der Waals surface area contributed by atoms with Gasteiger partial charge in [-0.05, 0) is 32.4 Å². The predicted molar refractivity (Wildman–Crippen MR) is 73.6 cm³/mol. The number of thiophene rings is 1. The summed E-state index contributed by atoms with van der Waals surface area (Å²) >= 11 is 1.84. The van der Waals surface area contributed by atoms with Crippen molar-refractivity contribution in [3.05, 3.63) is 34.3 Å². The molecule has 17 heavy (non-hydrogen) atoms. The van der Waals surface area contributed by atoms with E-state index in [2.05, 4.69) is 47.8 Å². The van der Waals surface area contributed by atoms with E-state index in [1.165, 1.54) is 9.75 Å². The van der Waals surface area contributed by atoms with Gasteiger partial charge in [-0.3, -0.25) is 0 Å². The molecule has 2 rings (SSSR count). The Kier molecular flexibility index (Phi) is 3.84. The van der Waals surface area contributed by atoms with Crippen molar-refractivity contribution in [3.63, 3.8) is 0 Å². The van der Waals surface area contributed by atoms with E-state index in [9.17, 15) is 0 Å². The van der Waals surface area contributed by atoms with Crippen molar-refractivity contribution in [3.8, 4) is 0 Å².